The van der Waals surface area contributed by atoms with E-state index in [1.165, 1.54) is 6.08 Å². The van der Waals surface area contributed by atoms with E-state index in [2.05, 4.69) is 0 Å². The normalized spacial score (nSPS) is 12.2. The number of aliphatic hydroxyl groups excluding tert-OH is 1. The van der Waals surface area contributed by atoms with Crippen molar-refractivity contribution in [1.29, 1.82) is 0 Å². The summed E-state index contributed by atoms with van der Waals surface area (Å²) in [6, 6.07) is 24.4. The molecule has 0 amide bonds. The van der Waals surface area contributed by atoms with Crippen LogP contribution in [0.15, 0.2) is 85.2 Å². The van der Waals surface area contributed by atoms with Gasteiger partial charge >= 0.3 is 0 Å². The van der Waals surface area contributed by atoms with Crippen LogP contribution in [0.1, 0.15) is 28.4 Å². The zero-order valence-corrected chi connectivity index (χ0v) is 13.7. The standard InChI is InChI=1S/C22H19FO2/c23-15-14-17-10-12-19(13-11-17)22(24)20-8-4-5-9-21(20)25-16-18-6-2-1-3-7-18/h1-15,22,24H,16H2/b15-14+. The summed E-state index contributed by atoms with van der Waals surface area (Å²) in [6.07, 6.45) is 1.06. The van der Waals surface area contributed by atoms with Gasteiger partial charge in [-0.15, -0.1) is 0 Å². The van der Waals surface area contributed by atoms with E-state index in [0.717, 1.165) is 16.7 Å². The molecule has 0 spiro atoms. The minimum Gasteiger partial charge on any atom is -0.489 e. The average molecular weight is 334 g/mol. The van der Waals surface area contributed by atoms with Crippen LogP contribution < -0.4 is 4.74 Å². The van der Waals surface area contributed by atoms with Gasteiger partial charge in [0, 0.05) is 5.56 Å². The first-order valence-electron chi connectivity index (χ1n) is 8.08. The topological polar surface area (TPSA) is 29.5 Å². The molecule has 0 aliphatic rings. The average Bonchev–Trinajstić information content (AvgIpc) is 2.68. The second-order valence-electron chi connectivity index (χ2n) is 5.67. The Morgan fingerprint density at radius 3 is 2.28 bits per heavy atom. The van der Waals surface area contributed by atoms with Crippen LogP contribution >= 0.6 is 0 Å². The first-order chi connectivity index (χ1) is 12.3. The van der Waals surface area contributed by atoms with Crippen molar-refractivity contribution < 1.29 is 14.2 Å². The molecule has 3 heteroatoms. The quantitative estimate of drug-likeness (QED) is 0.664. The molecule has 126 valence electrons. The van der Waals surface area contributed by atoms with E-state index in [0.29, 0.717) is 24.2 Å². The molecule has 0 saturated carbocycles. The van der Waals surface area contributed by atoms with E-state index in [-0.39, 0.29) is 0 Å². The van der Waals surface area contributed by atoms with Gasteiger partial charge in [-0.1, -0.05) is 72.8 Å². The third-order valence-electron chi connectivity index (χ3n) is 3.96. The van der Waals surface area contributed by atoms with Crippen molar-refractivity contribution in [3.63, 3.8) is 0 Å². The smallest absolute Gasteiger partial charge is 0.125 e. The Balaban J connectivity index is 1.79. The number of halogens is 1. The summed E-state index contributed by atoms with van der Waals surface area (Å²) >= 11 is 0. The molecule has 3 rings (SSSR count). The molecule has 0 heterocycles. The first kappa shape index (κ1) is 16.9. The third-order valence-corrected chi connectivity index (χ3v) is 3.96. The lowest BCUT2D eigenvalue weighted by Crippen LogP contribution is -2.04. The van der Waals surface area contributed by atoms with Gasteiger partial charge in [-0.3, -0.25) is 0 Å². The second kappa shape index (κ2) is 8.27. The lowest BCUT2D eigenvalue weighted by atomic mass is 9.99. The Labute approximate surface area is 146 Å². The molecular formula is C22H19FO2. The number of benzene rings is 3. The van der Waals surface area contributed by atoms with Gasteiger partial charge in [0.2, 0.25) is 0 Å². The predicted octanol–water partition coefficient (Wildman–Crippen LogP) is 5.29. The molecular weight excluding hydrogens is 315 g/mol. The van der Waals surface area contributed by atoms with Crippen molar-refractivity contribution >= 4 is 6.08 Å². The summed E-state index contributed by atoms with van der Waals surface area (Å²) in [7, 11) is 0. The molecule has 1 unspecified atom stereocenters. The molecule has 0 radical (unpaired) electrons. The maximum absolute atomic E-state index is 12.2. The minimum atomic E-state index is -0.810. The summed E-state index contributed by atoms with van der Waals surface area (Å²) in [5, 5.41) is 10.7. The maximum atomic E-state index is 12.2. The van der Waals surface area contributed by atoms with Gasteiger partial charge in [-0.2, -0.15) is 0 Å². The zero-order valence-electron chi connectivity index (χ0n) is 13.7. The van der Waals surface area contributed by atoms with Crippen LogP contribution in [0.25, 0.3) is 6.08 Å². The fraction of sp³-hybridized carbons (Fsp3) is 0.0909. The number of hydrogen-bond acceptors (Lipinski definition) is 2. The molecule has 25 heavy (non-hydrogen) atoms. The van der Waals surface area contributed by atoms with Gasteiger partial charge < -0.3 is 9.84 Å². The van der Waals surface area contributed by atoms with Gasteiger partial charge in [0.15, 0.2) is 0 Å². The van der Waals surface area contributed by atoms with Crippen molar-refractivity contribution in [2.24, 2.45) is 0 Å². The highest BCUT2D eigenvalue weighted by molar-refractivity contribution is 5.50. The summed E-state index contributed by atoms with van der Waals surface area (Å²) in [5.74, 6) is 0.645. The van der Waals surface area contributed by atoms with Gasteiger partial charge in [-0.25, -0.2) is 4.39 Å². The van der Waals surface area contributed by atoms with Crippen LogP contribution in [0.4, 0.5) is 4.39 Å². The first-order valence-corrected chi connectivity index (χ1v) is 8.08. The Kier molecular flexibility index (Phi) is 5.60. The highest BCUT2D eigenvalue weighted by Gasteiger charge is 2.15. The zero-order chi connectivity index (χ0) is 17.5. The summed E-state index contributed by atoms with van der Waals surface area (Å²) in [4.78, 5) is 0. The Hall–Kier alpha value is -2.91. The summed E-state index contributed by atoms with van der Waals surface area (Å²) in [6.45, 7) is 0.435. The number of rotatable bonds is 6. The van der Waals surface area contributed by atoms with Crippen molar-refractivity contribution in [1.82, 2.24) is 0 Å². The largest absolute Gasteiger partial charge is 0.489 e. The van der Waals surface area contributed by atoms with Crippen molar-refractivity contribution in [2.75, 3.05) is 0 Å². The fourth-order valence-electron chi connectivity index (χ4n) is 2.61. The van der Waals surface area contributed by atoms with Gasteiger partial charge in [0.05, 0.1) is 6.33 Å². The van der Waals surface area contributed by atoms with E-state index < -0.39 is 6.10 Å². The molecule has 1 N–H and O–H groups in total. The van der Waals surface area contributed by atoms with Crippen LogP contribution in [-0.4, -0.2) is 5.11 Å². The van der Waals surface area contributed by atoms with Crippen LogP contribution in [0, 0.1) is 0 Å². The third kappa shape index (κ3) is 4.34. The van der Waals surface area contributed by atoms with Gasteiger partial charge in [0.25, 0.3) is 0 Å². The Morgan fingerprint density at radius 2 is 1.56 bits per heavy atom. The van der Waals surface area contributed by atoms with Crippen LogP contribution in [0.3, 0.4) is 0 Å². The molecule has 1 atom stereocenters. The van der Waals surface area contributed by atoms with E-state index >= 15 is 0 Å². The van der Waals surface area contributed by atoms with E-state index in [4.69, 9.17) is 4.74 Å². The van der Waals surface area contributed by atoms with Crippen LogP contribution in [-0.2, 0) is 6.61 Å². The SMILES string of the molecule is OC(c1ccc(/C=C/F)cc1)c1ccccc1OCc1ccccc1. The monoisotopic (exact) mass is 334 g/mol. The molecule has 0 aliphatic carbocycles. The number of ether oxygens (including phenoxy) is 1. The van der Waals surface area contributed by atoms with Gasteiger partial charge in [0.1, 0.15) is 18.5 Å². The van der Waals surface area contributed by atoms with Crippen LogP contribution in [0.2, 0.25) is 0 Å². The number of para-hydroxylation sites is 1. The maximum Gasteiger partial charge on any atom is 0.125 e. The lowest BCUT2D eigenvalue weighted by molar-refractivity contribution is 0.209. The van der Waals surface area contributed by atoms with Crippen molar-refractivity contribution in [3.8, 4) is 5.75 Å². The van der Waals surface area contributed by atoms with E-state index in [1.807, 2.05) is 54.6 Å². The highest BCUT2D eigenvalue weighted by Crippen LogP contribution is 2.30. The molecule has 0 aromatic heterocycles. The summed E-state index contributed by atoms with van der Waals surface area (Å²) < 4.78 is 18.1. The van der Waals surface area contributed by atoms with E-state index in [1.54, 1.807) is 24.3 Å². The van der Waals surface area contributed by atoms with E-state index in [9.17, 15) is 9.50 Å². The molecule has 3 aromatic carbocycles. The molecule has 0 fully saturated rings. The number of hydrogen-bond donors (Lipinski definition) is 1. The Bertz CT molecular complexity index is 826. The number of aliphatic hydroxyl groups is 1. The second-order valence-corrected chi connectivity index (χ2v) is 5.67. The molecule has 0 bridgehead atoms. The minimum absolute atomic E-state index is 0.435. The molecule has 2 nitrogen and oxygen atoms in total. The molecule has 3 aromatic rings. The lowest BCUT2D eigenvalue weighted by Gasteiger charge is -2.17. The predicted molar refractivity (Wildman–Crippen MR) is 97.9 cm³/mol. The fourth-order valence-corrected chi connectivity index (χ4v) is 2.61. The van der Waals surface area contributed by atoms with Crippen LogP contribution in [0.5, 0.6) is 5.75 Å². The molecule has 0 aliphatic heterocycles. The summed E-state index contributed by atoms with van der Waals surface area (Å²) in [5.41, 5.74) is 3.24. The van der Waals surface area contributed by atoms with Gasteiger partial charge in [-0.05, 0) is 28.8 Å². The molecule has 0 saturated heterocycles. The van der Waals surface area contributed by atoms with Crippen molar-refractivity contribution in [3.05, 3.63) is 107 Å². The Morgan fingerprint density at radius 1 is 0.880 bits per heavy atom. The highest BCUT2D eigenvalue weighted by atomic mass is 19.1. The van der Waals surface area contributed by atoms with Crippen molar-refractivity contribution in [2.45, 2.75) is 12.7 Å².